The predicted octanol–water partition coefficient (Wildman–Crippen LogP) is 5.60. The highest BCUT2D eigenvalue weighted by Crippen LogP contribution is 2.30. The molecule has 0 fully saturated rings. The molecule has 0 radical (unpaired) electrons. The minimum absolute atomic E-state index is 0.0816. The van der Waals surface area contributed by atoms with Gasteiger partial charge in [-0.3, -0.25) is 4.79 Å². The fourth-order valence-electron chi connectivity index (χ4n) is 2.79. The molecule has 0 aliphatic rings. The summed E-state index contributed by atoms with van der Waals surface area (Å²) in [6, 6.07) is 15.0. The first-order valence-electron chi connectivity index (χ1n) is 7.61. The molecule has 0 N–H and O–H groups in total. The summed E-state index contributed by atoms with van der Waals surface area (Å²) in [5.74, 6) is 0.0816. The molecule has 3 heteroatoms. The number of thiazole rings is 1. The molecule has 0 spiro atoms. The average molecular weight is 321 g/mol. The lowest BCUT2D eigenvalue weighted by Crippen LogP contribution is -1.89. The predicted molar refractivity (Wildman–Crippen MR) is 97.2 cm³/mol. The van der Waals surface area contributed by atoms with Gasteiger partial charge in [0.15, 0.2) is 5.78 Å². The zero-order valence-corrected chi connectivity index (χ0v) is 14.6. The molecule has 0 saturated carbocycles. The minimum Gasteiger partial charge on any atom is -0.294 e. The molecule has 0 atom stereocenters. The normalized spacial score (nSPS) is 10.8. The van der Waals surface area contributed by atoms with Gasteiger partial charge in [-0.2, -0.15) is 0 Å². The number of aromatic nitrogens is 1. The second kappa shape index (κ2) is 6.09. The molecule has 0 amide bonds. The minimum atomic E-state index is 0.0816. The van der Waals surface area contributed by atoms with Crippen LogP contribution >= 0.6 is 11.3 Å². The van der Waals surface area contributed by atoms with E-state index < -0.39 is 0 Å². The maximum atomic E-state index is 11.6. The molecule has 0 unspecified atom stereocenters. The Morgan fingerprint density at radius 1 is 0.870 bits per heavy atom. The van der Waals surface area contributed by atoms with Crippen molar-refractivity contribution in [2.75, 3.05) is 0 Å². The van der Waals surface area contributed by atoms with Crippen LogP contribution in [0.4, 0.5) is 0 Å². The molecule has 3 aromatic rings. The Balaban J connectivity index is 1.96. The number of aryl methyl sites for hydroxylation is 3. The molecule has 23 heavy (non-hydrogen) atoms. The van der Waals surface area contributed by atoms with E-state index in [4.69, 9.17) is 0 Å². The standard InChI is InChI=1S/C20H19NOS/c1-12-9-13(2)11-18(10-12)16-5-7-17(8-6-16)20-21-14(3)19(23-20)15(4)22/h5-11H,1-4H3. The van der Waals surface area contributed by atoms with Crippen LogP contribution in [0.2, 0.25) is 0 Å². The Kier molecular flexibility index (Phi) is 4.14. The summed E-state index contributed by atoms with van der Waals surface area (Å²) in [5.41, 5.74) is 6.83. The van der Waals surface area contributed by atoms with Crippen LogP contribution in [0.1, 0.15) is 33.4 Å². The molecule has 1 aromatic heterocycles. The average Bonchev–Trinajstić information content (AvgIpc) is 2.88. The van der Waals surface area contributed by atoms with Crippen molar-refractivity contribution in [3.8, 4) is 21.7 Å². The van der Waals surface area contributed by atoms with Crippen molar-refractivity contribution in [3.63, 3.8) is 0 Å². The third kappa shape index (κ3) is 3.25. The Bertz CT molecular complexity index is 855. The maximum absolute atomic E-state index is 11.6. The summed E-state index contributed by atoms with van der Waals surface area (Å²) in [6.07, 6.45) is 0. The van der Waals surface area contributed by atoms with Crippen LogP contribution in [-0.4, -0.2) is 10.8 Å². The Morgan fingerprint density at radius 3 is 1.96 bits per heavy atom. The van der Waals surface area contributed by atoms with E-state index in [0.29, 0.717) is 0 Å². The number of carbonyl (C=O) groups excluding carboxylic acids is 1. The third-order valence-electron chi connectivity index (χ3n) is 3.80. The molecular formula is C20H19NOS. The Morgan fingerprint density at radius 2 is 1.43 bits per heavy atom. The quantitative estimate of drug-likeness (QED) is 0.587. The summed E-state index contributed by atoms with van der Waals surface area (Å²) in [7, 11) is 0. The molecule has 2 nitrogen and oxygen atoms in total. The Hall–Kier alpha value is -2.26. The van der Waals surface area contributed by atoms with Crippen molar-refractivity contribution in [1.82, 2.24) is 4.98 Å². The first kappa shape index (κ1) is 15.6. The van der Waals surface area contributed by atoms with Crippen LogP contribution in [0.3, 0.4) is 0 Å². The summed E-state index contributed by atoms with van der Waals surface area (Å²) >= 11 is 1.47. The van der Waals surface area contributed by atoms with Gasteiger partial charge in [0.2, 0.25) is 0 Å². The zero-order chi connectivity index (χ0) is 16.6. The van der Waals surface area contributed by atoms with Crippen LogP contribution < -0.4 is 0 Å². The van der Waals surface area contributed by atoms with Gasteiger partial charge in [-0.1, -0.05) is 53.6 Å². The molecule has 0 bridgehead atoms. The van der Waals surface area contributed by atoms with Crippen molar-refractivity contribution < 1.29 is 4.79 Å². The highest BCUT2D eigenvalue weighted by atomic mass is 32.1. The largest absolute Gasteiger partial charge is 0.294 e. The maximum Gasteiger partial charge on any atom is 0.171 e. The van der Waals surface area contributed by atoms with E-state index in [1.54, 1.807) is 6.92 Å². The smallest absolute Gasteiger partial charge is 0.171 e. The zero-order valence-electron chi connectivity index (χ0n) is 13.8. The Labute approximate surface area is 140 Å². The van der Waals surface area contributed by atoms with Gasteiger partial charge >= 0.3 is 0 Å². The number of nitrogens with zero attached hydrogens (tertiary/aromatic N) is 1. The summed E-state index contributed by atoms with van der Waals surface area (Å²) in [4.78, 5) is 16.9. The molecule has 0 aliphatic heterocycles. The number of hydrogen-bond donors (Lipinski definition) is 0. The van der Waals surface area contributed by atoms with Crippen LogP contribution in [0.15, 0.2) is 42.5 Å². The lowest BCUT2D eigenvalue weighted by atomic mass is 10.00. The van der Waals surface area contributed by atoms with E-state index in [-0.39, 0.29) is 5.78 Å². The number of carbonyl (C=O) groups is 1. The summed E-state index contributed by atoms with van der Waals surface area (Å²) in [5, 5.41) is 0.902. The molecule has 0 saturated heterocycles. The lowest BCUT2D eigenvalue weighted by molar-refractivity contribution is 0.102. The molecule has 116 valence electrons. The van der Waals surface area contributed by atoms with E-state index in [1.807, 2.05) is 6.92 Å². The number of rotatable bonds is 3. The summed E-state index contributed by atoms with van der Waals surface area (Å²) in [6.45, 7) is 7.72. The molecule has 3 rings (SSSR count). The van der Waals surface area contributed by atoms with Crippen molar-refractivity contribution >= 4 is 17.1 Å². The van der Waals surface area contributed by atoms with E-state index in [2.05, 4.69) is 61.3 Å². The van der Waals surface area contributed by atoms with Crippen molar-refractivity contribution in [2.45, 2.75) is 27.7 Å². The number of benzene rings is 2. The van der Waals surface area contributed by atoms with Gasteiger partial charge in [0.25, 0.3) is 0 Å². The first-order valence-corrected chi connectivity index (χ1v) is 8.43. The second-order valence-corrected chi connectivity index (χ2v) is 6.94. The SMILES string of the molecule is CC(=O)c1sc(-c2ccc(-c3cc(C)cc(C)c3)cc2)nc1C. The highest BCUT2D eigenvalue weighted by molar-refractivity contribution is 7.17. The fraction of sp³-hybridized carbons (Fsp3) is 0.200. The van der Waals surface area contributed by atoms with Gasteiger partial charge in [0, 0.05) is 12.5 Å². The fourth-order valence-corrected chi connectivity index (χ4v) is 3.76. The number of ketones is 1. The van der Waals surface area contributed by atoms with Crippen LogP contribution in [0, 0.1) is 20.8 Å². The highest BCUT2D eigenvalue weighted by Gasteiger charge is 2.12. The van der Waals surface area contributed by atoms with Gasteiger partial charge in [0.05, 0.1) is 10.6 Å². The van der Waals surface area contributed by atoms with E-state index in [1.165, 1.54) is 33.6 Å². The van der Waals surface area contributed by atoms with Gasteiger partial charge in [0.1, 0.15) is 5.01 Å². The van der Waals surface area contributed by atoms with E-state index >= 15 is 0 Å². The van der Waals surface area contributed by atoms with Crippen molar-refractivity contribution in [3.05, 3.63) is 64.2 Å². The third-order valence-corrected chi connectivity index (χ3v) is 5.11. The van der Waals surface area contributed by atoms with E-state index in [0.717, 1.165) is 21.1 Å². The van der Waals surface area contributed by atoms with E-state index in [9.17, 15) is 4.79 Å². The lowest BCUT2D eigenvalue weighted by Gasteiger charge is -2.06. The topological polar surface area (TPSA) is 30.0 Å². The summed E-state index contributed by atoms with van der Waals surface area (Å²) < 4.78 is 0. The molecule has 0 aliphatic carbocycles. The monoisotopic (exact) mass is 321 g/mol. The van der Waals surface area contributed by atoms with Gasteiger partial charge < -0.3 is 0 Å². The first-order chi connectivity index (χ1) is 10.9. The van der Waals surface area contributed by atoms with Gasteiger partial charge in [-0.25, -0.2) is 4.98 Å². The van der Waals surface area contributed by atoms with Gasteiger partial charge in [-0.05, 0) is 31.9 Å². The molecule has 1 heterocycles. The van der Waals surface area contributed by atoms with Crippen molar-refractivity contribution in [2.24, 2.45) is 0 Å². The molecular weight excluding hydrogens is 302 g/mol. The van der Waals surface area contributed by atoms with Crippen molar-refractivity contribution in [1.29, 1.82) is 0 Å². The van der Waals surface area contributed by atoms with Crippen LogP contribution in [0.25, 0.3) is 21.7 Å². The van der Waals surface area contributed by atoms with Crippen LogP contribution in [0.5, 0.6) is 0 Å². The second-order valence-electron chi connectivity index (χ2n) is 5.94. The van der Waals surface area contributed by atoms with Crippen LogP contribution in [-0.2, 0) is 0 Å². The number of Topliss-reactive ketones (excluding diaryl/α,β-unsaturated/α-hetero) is 1. The molecule has 2 aromatic carbocycles. The number of hydrogen-bond acceptors (Lipinski definition) is 3. The van der Waals surface area contributed by atoms with Gasteiger partial charge in [-0.15, -0.1) is 11.3 Å².